The Morgan fingerprint density at radius 2 is 1.26 bits per heavy atom. The van der Waals surface area contributed by atoms with Crippen LogP contribution in [0.15, 0.2) is 91.0 Å². The second-order valence-corrected chi connectivity index (χ2v) is 20.0. The fraction of sp³-hybridized carbons (Fsp3) is 0.375. The van der Waals surface area contributed by atoms with Gasteiger partial charge in [-0.1, -0.05) is 0 Å². The van der Waals surface area contributed by atoms with Crippen molar-refractivity contribution in [1.82, 2.24) is 10.2 Å². The van der Waals surface area contributed by atoms with E-state index in [1.54, 1.807) is 7.05 Å². The van der Waals surface area contributed by atoms with Crippen LogP contribution in [-0.4, -0.2) is 48.8 Å². The molecule has 0 heterocycles. The minimum atomic E-state index is -2.93. The molecule has 0 fully saturated rings. The second-order valence-electron chi connectivity index (χ2n) is 11.0. The minimum Gasteiger partial charge on any atom is -0.0253 e. The quantitative estimate of drug-likeness (QED) is 0.191. The average Bonchev–Trinajstić information content (AvgIpc) is 2.93. The summed E-state index contributed by atoms with van der Waals surface area (Å²) >= 11 is 4.48. The van der Waals surface area contributed by atoms with Gasteiger partial charge in [0.1, 0.15) is 5.60 Å². The summed E-state index contributed by atoms with van der Waals surface area (Å²) in [6.45, 7) is 6.63. The Morgan fingerprint density at radius 1 is 0.795 bits per heavy atom. The van der Waals surface area contributed by atoms with Crippen molar-refractivity contribution in [3.8, 4) is 0 Å². The molecule has 3 aromatic carbocycles. The van der Waals surface area contributed by atoms with Crippen LogP contribution in [0.25, 0.3) is 0 Å². The number of nitrogens with one attached hydrogen (secondary N) is 1. The average molecular weight is 614 g/mol. The molecular formula is C32H42BrN2O3P. The van der Waals surface area contributed by atoms with Crippen LogP contribution in [0.2, 0.25) is 0 Å². The van der Waals surface area contributed by atoms with E-state index in [-0.39, 0.29) is 12.0 Å². The van der Waals surface area contributed by atoms with E-state index in [9.17, 15) is 9.59 Å². The Bertz CT molecular complexity index is 1100. The third-order valence-corrected chi connectivity index (χ3v) is 16.8. The van der Waals surface area contributed by atoms with Gasteiger partial charge in [0.05, 0.1) is 0 Å². The molecule has 5 nitrogen and oxygen atoms in total. The SMILES string of the molecule is CN(CCCC(=O)NCCCCP(Br)(c1ccccc1)(c1ccccc1)c1ccccc1)C(=O)OC(C)(C)C. The first-order valence-electron chi connectivity index (χ1n) is 13.6. The first kappa shape index (κ1) is 30.8. The standard InChI is InChI=1S/C32H42BrN2O3P/c1-32(2,3)38-31(37)35(4)25-16-23-30(36)34-24-14-15-26-39(33,27-17-8-5-9-18-27,28-19-10-6-11-20-28)29-21-12-7-13-22-29/h5-13,17-22H,14-16,23-26H2,1-4H3,(H,34,36). The van der Waals surface area contributed by atoms with E-state index < -0.39 is 10.9 Å². The van der Waals surface area contributed by atoms with Crippen molar-refractivity contribution in [2.45, 2.75) is 52.1 Å². The van der Waals surface area contributed by atoms with Crippen LogP contribution >= 0.6 is 20.8 Å². The van der Waals surface area contributed by atoms with Crippen LogP contribution in [0.5, 0.6) is 0 Å². The molecule has 0 radical (unpaired) electrons. The molecule has 3 aromatic rings. The van der Waals surface area contributed by atoms with Gasteiger partial charge in [0.25, 0.3) is 0 Å². The van der Waals surface area contributed by atoms with Gasteiger partial charge in [0.15, 0.2) is 0 Å². The monoisotopic (exact) mass is 612 g/mol. The topological polar surface area (TPSA) is 58.6 Å². The van der Waals surface area contributed by atoms with Crippen LogP contribution in [0.3, 0.4) is 0 Å². The Hall–Kier alpha value is -2.69. The number of hydrogen-bond acceptors (Lipinski definition) is 3. The fourth-order valence-electron chi connectivity index (χ4n) is 4.81. The number of amides is 2. The summed E-state index contributed by atoms with van der Waals surface area (Å²) in [7, 11) is 1.70. The fourth-order valence-corrected chi connectivity index (χ4v) is 12.6. The molecule has 0 atom stereocenters. The number of nitrogens with zero attached hydrogens (tertiary/aromatic N) is 1. The number of benzene rings is 3. The van der Waals surface area contributed by atoms with Gasteiger partial charge in [0, 0.05) is 0 Å². The number of hydrogen-bond donors (Lipinski definition) is 1. The van der Waals surface area contributed by atoms with Crippen molar-refractivity contribution in [1.29, 1.82) is 0 Å². The Kier molecular flexibility index (Phi) is 10.7. The summed E-state index contributed by atoms with van der Waals surface area (Å²) in [5.41, 5.74) is -0.530. The minimum absolute atomic E-state index is 0.0121. The Labute approximate surface area is 242 Å². The molecule has 0 aromatic heterocycles. The van der Waals surface area contributed by atoms with E-state index in [1.165, 1.54) is 20.8 Å². The predicted molar refractivity (Wildman–Crippen MR) is 169 cm³/mol. The molecule has 0 bridgehead atoms. The van der Waals surface area contributed by atoms with Gasteiger partial charge in [0.2, 0.25) is 0 Å². The molecule has 0 saturated heterocycles. The number of carbonyl (C=O) groups is 2. The zero-order valence-electron chi connectivity index (χ0n) is 23.6. The number of carbonyl (C=O) groups excluding carboxylic acids is 2. The van der Waals surface area contributed by atoms with E-state index in [2.05, 4.69) is 112 Å². The molecule has 0 aliphatic heterocycles. The normalized spacial score (nSPS) is 12.7. The molecule has 0 unspecified atom stereocenters. The maximum absolute atomic E-state index is 12.5. The predicted octanol–water partition coefficient (Wildman–Crippen LogP) is 6.37. The van der Waals surface area contributed by atoms with E-state index in [0.717, 1.165) is 19.0 Å². The van der Waals surface area contributed by atoms with Crippen LogP contribution in [0.4, 0.5) is 4.79 Å². The van der Waals surface area contributed by atoms with Crippen LogP contribution in [0.1, 0.15) is 46.5 Å². The van der Waals surface area contributed by atoms with Crippen LogP contribution in [0, 0.1) is 0 Å². The van der Waals surface area contributed by atoms with Gasteiger partial charge < -0.3 is 0 Å². The van der Waals surface area contributed by atoms with E-state index in [0.29, 0.717) is 25.9 Å². The number of ether oxygens (including phenoxy) is 1. The molecule has 3 rings (SSSR count). The zero-order valence-corrected chi connectivity index (χ0v) is 26.1. The van der Waals surface area contributed by atoms with Crippen LogP contribution < -0.4 is 21.2 Å². The molecular weight excluding hydrogens is 571 g/mol. The van der Waals surface area contributed by atoms with Crippen molar-refractivity contribution < 1.29 is 14.3 Å². The molecule has 2 amide bonds. The van der Waals surface area contributed by atoms with Gasteiger partial charge in [-0.25, -0.2) is 0 Å². The van der Waals surface area contributed by atoms with Crippen molar-refractivity contribution in [3.05, 3.63) is 91.0 Å². The molecule has 1 N–H and O–H groups in total. The number of unbranched alkanes of at least 4 members (excludes halogenated alkanes) is 1. The molecule has 39 heavy (non-hydrogen) atoms. The summed E-state index contributed by atoms with van der Waals surface area (Å²) in [6, 6.07) is 32.3. The summed E-state index contributed by atoms with van der Waals surface area (Å²) in [6.07, 6.45) is 3.37. The van der Waals surface area contributed by atoms with Gasteiger partial charge in [-0.05, 0) is 20.8 Å². The zero-order chi connectivity index (χ0) is 28.4. The molecule has 0 aliphatic rings. The van der Waals surface area contributed by atoms with E-state index in [1.807, 2.05) is 20.8 Å². The Morgan fingerprint density at radius 3 is 1.69 bits per heavy atom. The maximum atomic E-state index is 12.5. The summed E-state index contributed by atoms with van der Waals surface area (Å²) in [5.74, 6) is 0.0121. The summed E-state index contributed by atoms with van der Waals surface area (Å²) < 4.78 is 5.37. The molecule has 7 heteroatoms. The number of halogens is 1. The van der Waals surface area contributed by atoms with Gasteiger partial charge in [-0.3, -0.25) is 0 Å². The summed E-state index contributed by atoms with van der Waals surface area (Å²) in [4.78, 5) is 26.1. The smallest absolute Gasteiger partial charge is 0.0253 e. The molecule has 0 saturated carbocycles. The second kappa shape index (κ2) is 13.6. The van der Waals surface area contributed by atoms with Crippen molar-refractivity contribution in [2.24, 2.45) is 0 Å². The van der Waals surface area contributed by atoms with Gasteiger partial charge in [-0.15, -0.1) is 0 Å². The van der Waals surface area contributed by atoms with Gasteiger partial charge in [-0.2, -0.15) is 0 Å². The third-order valence-electron chi connectivity index (χ3n) is 6.81. The van der Waals surface area contributed by atoms with Crippen molar-refractivity contribution in [3.63, 3.8) is 0 Å². The third kappa shape index (κ3) is 7.93. The van der Waals surface area contributed by atoms with E-state index in [4.69, 9.17) is 4.74 Å². The van der Waals surface area contributed by atoms with Crippen molar-refractivity contribution in [2.75, 3.05) is 26.3 Å². The molecule has 0 spiro atoms. The van der Waals surface area contributed by atoms with Gasteiger partial charge >= 0.3 is 216 Å². The number of rotatable bonds is 12. The first-order valence-corrected chi connectivity index (χ1v) is 18.1. The van der Waals surface area contributed by atoms with Crippen LogP contribution in [-0.2, 0) is 9.53 Å². The van der Waals surface area contributed by atoms with E-state index >= 15 is 0 Å². The van der Waals surface area contributed by atoms with Crippen molar-refractivity contribution >= 4 is 48.7 Å². The first-order chi connectivity index (χ1) is 18.5. The molecule has 0 aliphatic carbocycles. The molecule has 210 valence electrons. The summed E-state index contributed by atoms with van der Waals surface area (Å²) in [5, 5.41) is 4.05. The Balaban J connectivity index is 1.62.